The van der Waals surface area contributed by atoms with Gasteiger partial charge in [-0.3, -0.25) is 10.5 Å². The first-order chi connectivity index (χ1) is 7.24. The van der Waals surface area contributed by atoms with Crippen molar-refractivity contribution in [2.75, 3.05) is 0 Å². The van der Waals surface area contributed by atoms with Crippen molar-refractivity contribution in [3.05, 3.63) is 39.8 Å². The number of hydrogen-bond donors (Lipinski definition) is 2. The van der Waals surface area contributed by atoms with E-state index in [0.717, 1.165) is 5.69 Å². The predicted molar refractivity (Wildman–Crippen MR) is 61.4 cm³/mol. The molecule has 0 aliphatic heterocycles. The molecule has 0 spiro atoms. The second-order valence-corrected chi connectivity index (χ2v) is 4.39. The van der Waals surface area contributed by atoms with Gasteiger partial charge in [-0.25, -0.2) is 5.43 Å². The molecule has 0 saturated heterocycles. The second kappa shape index (κ2) is 4.14. The molecule has 2 aromatic rings. The Bertz CT molecular complexity index is 405. The fraction of sp³-hybridized carbons (Fsp3) is 0.300. The number of thiophene rings is 1. The van der Waals surface area contributed by atoms with Crippen LogP contribution in [0, 0.1) is 6.92 Å². The zero-order valence-electron chi connectivity index (χ0n) is 8.77. The maximum atomic E-state index is 5.61. The summed E-state index contributed by atoms with van der Waals surface area (Å²) in [6.45, 7) is 2.09. The lowest BCUT2D eigenvalue weighted by Crippen LogP contribution is -2.30. The summed E-state index contributed by atoms with van der Waals surface area (Å²) in [5, 5.41) is 6.23. The number of nitrogens with two attached hydrogens (primary N) is 1. The molecule has 0 saturated carbocycles. The van der Waals surface area contributed by atoms with Crippen LogP contribution in [0.4, 0.5) is 0 Å². The van der Waals surface area contributed by atoms with Crippen LogP contribution in [0.1, 0.15) is 22.2 Å². The van der Waals surface area contributed by atoms with Crippen molar-refractivity contribution < 1.29 is 0 Å². The second-order valence-electron chi connectivity index (χ2n) is 3.45. The van der Waals surface area contributed by atoms with Gasteiger partial charge in [0, 0.05) is 18.1 Å². The van der Waals surface area contributed by atoms with Crippen LogP contribution in [0.25, 0.3) is 0 Å². The van der Waals surface area contributed by atoms with Gasteiger partial charge in [-0.1, -0.05) is 0 Å². The Morgan fingerprint density at radius 2 is 2.33 bits per heavy atom. The van der Waals surface area contributed by atoms with Gasteiger partial charge in [0.2, 0.25) is 0 Å². The average molecular weight is 222 g/mol. The van der Waals surface area contributed by atoms with Gasteiger partial charge < -0.3 is 0 Å². The Morgan fingerprint density at radius 1 is 1.53 bits per heavy atom. The Morgan fingerprint density at radius 3 is 2.80 bits per heavy atom. The number of rotatable bonds is 3. The van der Waals surface area contributed by atoms with Gasteiger partial charge in [0.05, 0.1) is 11.7 Å². The smallest absolute Gasteiger partial charge is 0.0972 e. The van der Waals surface area contributed by atoms with Crippen LogP contribution in [-0.2, 0) is 7.05 Å². The average Bonchev–Trinajstić information content (AvgIpc) is 2.80. The molecular weight excluding hydrogens is 208 g/mol. The molecule has 3 N–H and O–H groups in total. The van der Waals surface area contributed by atoms with Crippen LogP contribution in [0.2, 0.25) is 0 Å². The summed E-state index contributed by atoms with van der Waals surface area (Å²) in [6.07, 6.45) is 1.78. The molecule has 5 heteroatoms. The first-order valence-corrected chi connectivity index (χ1v) is 5.60. The monoisotopic (exact) mass is 222 g/mol. The van der Waals surface area contributed by atoms with Crippen molar-refractivity contribution in [2.45, 2.75) is 13.0 Å². The third kappa shape index (κ3) is 1.81. The molecule has 0 aliphatic carbocycles. The van der Waals surface area contributed by atoms with E-state index < -0.39 is 0 Å². The Kier molecular flexibility index (Phi) is 2.86. The first-order valence-electron chi connectivity index (χ1n) is 4.72. The summed E-state index contributed by atoms with van der Waals surface area (Å²) < 4.78 is 1.84. The summed E-state index contributed by atoms with van der Waals surface area (Å²) in [4.78, 5) is 1.24. The molecule has 15 heavy (non-hydrogen) atoms. The lowest BCUT2D eigenvalue weighted by molar-refractivity contribution is 0.580. The van der Waals surface area contributed by atoms with Crippen molar-refractivity contribution in [2.24, 2.45) is 12.9 Å². The molecule has 80 valence electrons. The Hall–Kier alpha value is -1.17. The molecule has 0 aliphatic rings. The molecule has 1 unspecified atom stereocenters. The van der Waals surface area contributed by atoms with Gasteiger partial charge in [0.25, 0.3) is 0 Å². The zero-order chi connectivity index (χ0) is 10.8. The van der Waals surface area contributed by atoms with Crippen LogP contribution >= 0.6 is 11.3 Å². The standard InChI is InChI=1S/C10H14N4S/c1-7-4-6-15-10(7)9(13-11)8-3-5-12-14(8)2/h3-6,9,13H,11H2,1-2H3. The molecule has 1 atom stereocenters. The minimum absolute atomic E-state index is 0.0255. The minimum atomic E-state index is 0.0255. The van der Waals surface area contributed by atoms with E-state index >= 15 is 0 Å². The quantitative estimate of drug-likeness (QED) is 0.608. The summed E-state index contributed by atoms with van der Waals surface area (Å²) in [5.41, 5.74) is 5.16. The minimum Gasteiger partial charge on any atom is -0.271 e. The fourth-order valence-corrected chi connectivity index (χ4v) is 2.64. The highest BCUT2D eigenvalue weighted by molar-refractivity contribution is 7.10. The van der Waals surface area contributed by atoms with E-state index in [2.05, 4.69) is 28.9 Å². The van der Waals surface area contributed by atoms with Crippen LogP contribution in [0.3, 0.4) is 0 Å². The number of aryl methyl sites for hydroxylation is 2. The third-order valence-corrected chi connectivity index (χ3v) is 3.57. The van der Waals surface area contributed by atoms with E-state index in [0.29, 0.717) is 0 Å². The van der Waals surface area contributed by atoms with Gasteiger partial charge in [0.1, 0.15) is 0 Å². The number of hydrogen-bond acceptors (Lipinski definition) is 4. The summed E-state index contributed by atoms with van der Waals surface area (Å²) in [7, 11) is 1.92. The summed E-state index contributed by atoms with van der Waals surface area (Å²) >= 11 is 1.71. The molecule has 2 heterocycles. The topological polar surface area (TPSA) is 55.9 Å². The van der Waals surface area contributed by atoms with Crippen LogP contribution < -0.4 is 11.3 Å². The molecular formula is C10H14N4S. The fourth-order valence-electron chi connectivity index (χ4n) is 1.64. The first kappa shape index (κ1) is 10.4. The third-order valence-electron chi connectivity index (χ3n) is 2.49. The maximum Gasteiger partial charge on any atom is 0.0972 e. The highest BCUT2D eigenvalue weighted by Gasteiger charge is 2.18. The number of nitrogens with one attached hydrogen (secondary N) is 1. The number of aromatic nitrogens is 2. The van der Waals surface area contributed by atoms with Crippen molar-refractivity contribution in [3.8, 4) is 0 Å². The highest BCUT2D eigenvalue weighted by Crippen LogP contribution is 2.28. The van der Waals surface area contributed by atoms with Crippen molar-refractivity contribution in [1.82, 2.24) is 15.2 Å². The molecule has 2 rings (SSSR count). The van der Waals surface area contributed by atoms with Crippen molar-refractivity contribution >= 4 is 11.3 Å². The van der Waals surface area contributed by atoms with E-state index in [9.17, 15) is 0 Å². The summed E-state index contributed by atoms with van der Waals surface area (Å²) in [6, 6.07) is 4.10. The lowest BCUT2D eigenvalue weighted by atomic mass is 10.1. The van der Waals surface area contributed by atoms with Crippen molar-refractivity contribution in [1.29, 1.82) is 0 Å². The van der Waals surface area contributed by atoms with Gasteiger partial charge in [-0.05, 0) is 30.0 Å². The number of nitrogens with zero attached hydrogens (tertiary/aromatic N) is 2. The molecule has 4 nitrogen and oxygen atoms in total. The Labute approximate surface area is 92.7 Å². The van der Waals surface area contributed by atoms with E-state index in [-0.39, 0.29) is 6.04 Å². The van der Waals surface area contributed by atoms with Gasteiger partial charge in [0.15, 0.2) is 0 Å². The molecule has 0 aromatic carbocycles. The highest BCUT2D eigenvalue weighted by atomic mass is 32.1. The van der Waals surface area contributed by atoms with Gasteiger partial charge >= 0.3 is 0 Å². The largest absolute Gasteiger partial charge is 0.271 e. The number of hydrazine groups is 1. The van der Waals surface area contributed by atoms with E-state index in [1.807, 2.05) is 17.8 Å². The molecule has 0 amide bonds. The van der Waals surface area contributed by atoms with Gasteiger partial charge in [-0.15, -0.1) is 11.3 Å². The maximum absolute atomic E-state index is 5.61. The van der Waals surface area contributed by atoms with Crippen LogP contribution in [0.5, 0.6) is 0 Å². The van der Waals surface area contributed by atoms with Crippen LogP contribution in [-0.4, -0.2) is 9.78 Å². The van der Waals surface area contributed by atoms with E-state index in [1.54, 1.807) is 17.5 Å². The normalized spacial score (nSPS) is 13.0. The Balaban J connectivity index is 2.41. The van der Waals surface area contributed by atoms with Crippen LogP contribution in [0.15, 0.2) is 23.7 Å². The lowest BCUT2D eigenvalue weighted by Gasteiger charge is -2.15. The molecule has 0 fully saturated rings. The van der Waals surface area contributed by atoms with E-state index in [4.69, 9.17) is 5.84 Å². The molecule has 0 bridgehead atoms. The zero-order valence-corrected chi connectivity index (χ0v) is 9.58. The molecule has 2 aromatic heterocycles. The molecule has 0 radical (unpaired) electrons. The van der Waals surface area contributed by atoms with Crippen molar-refractivity contribution in [3.63, 3.8) is 0 Å². The predicted octanol–water partition coefficient (Wildman–Crippen LogP) is 1.34. The van der Waals surface area contributed by atoms with E-state index in [1.165, 1.54) is 10.4 Å². The SMILES string of the molecule is Cc1ccsc1C(NN)c1ccnn1C. The summed E-state index contributed by atoms with van der Waals surface area (Å²) in [5.74, 6) is 5.61. The van der Waals surface area contributed by atoms with Gasteiger partial charge in [-0.2, -0.15) is 5.10 Å².